The van der Waals surface area contributed by atoms with Gasteiger partial charge in [0.1, 0.15) is 5.76 Å². The molecule has 7 nitrogen and oxygen atoms in total. The van der Waals surface area contributed by atoms with Crippen LogP contribution in [-0.4, -0.2) is 56.7 Å². The van der Waals surface area contributed by atoms with Gasteiger partial charge in [-0.05, 0) is 57.8 Å². The number of hydrogen-bond acceptors (Lipinski definition) is 5. The second-order valence-electron chi connectivity index (χ2n) is 6.81. The average molecular weight is 506 g/mol. The summed E-state index contributed by atoms with van der Waals surface area (Å²) < 4.78 is 10.4. The number of halogens is 1. The minimum absolute atomic E-state index is 0. The Kier molecular flexibility index (Phi) is 13.0. The lowest BCUT2D eigenvalue weighted by Crippen LogP contribution is -2.39. The number of piperidine rings is 1. The molecule has 160 valence electrons. The molecule has 2 N–H and O–H groups in total. The van der Waals surface area contributed by atoms with E-state index < -0.39 is 0 Å². The number of carbonyl (C=O) groups is 1. The maximum atomic E-state index is 11.2. The van der Waals surface area contributed by atoms with Crippen molar-refractivity contribution in [1.29, 1.82) is 0 Å². The first-order chi connectivity index (χ1) is 13.2. The zero-order chi connectivity index (χ0) is 19.3. The summed E-state index contributed by atoms with van der Waals surface area (Å²) in [5.41, 5.74) is 0. The van der Waals surface area contributed by atoms with Gasteiger partial charge in [-0.3, -0.25) is 14.7 Å². The maximum absolute atomic E-state index is 11.2. The fourth-order valence-electron chi connectivity index (χ4n) is 3.32. The number of esters is 1. The number of nitrogens with one attached hydrogen (secondary N) is 2. The number of aliphatic imine (C=N–C) groups is 1. The largest absolute Gasteiger partial charge is 0.469 e. The van der Waals surface area contributed by atoms with Crippen molar-refractivity contribution in [1.82, 2.24) is 15.5 Å². The molecule has 8 heteroatoms. The summed E-state index contributed by atoms with van der Waals surface area (Å²) in [6.45, 7) is 6.49. The Morgan fingerprint density at radius 2 is 2.07 bits per heavy atom. The Hall–Kier alpha value is -1.29. The van der Waals surface area contributed by atoms with E-state index in [1.807, 2.05) is 12.1 Å². The smallest absolute Gasteiger partial charge is 0.305 e. The van der Waals surface area contributed by atoms with Gasteiger partial charge in [0.2, 0.25) is 0 Å². The standard InChI is InChI=1S/C20H34N4O3.HI/c1-3-21-20(22-12-6-5-11-19(25)26-2)23-16-17(18-10-9-15-27-18)24-13-7-4-8-14-24;/h9-10,15,17H,3-8,11-14,16H2,1-2H3,(H2,21,22,23);1H. The van der Waals surface area contributed by atoms with Crippen molar-refractivity contribution in [3.63, 3.8) is 0 Å². The van der Waals surface area contributed by atoms with Crippen LogP contribution in [0.2, 0.25) is 0 Å². The molecule has 0 bridgehead atoms. The van der Waals surface area contributed by atoms with Crippen molar-refractivity contribution in [3.8, 4) is 0 Å². The highest BCUT2D eigenvalue weighted by atomic mass is 127. The van der Waals surface area contributed by atoms with Crippen molar-refractivity contribution < 1.29 is 13.9 Å². The average Bonchev–Trinajstić information content (AvgIpc) is 3.23. The number of hydrogen-bond donors (Lipinski definition) is 2. The van der Waals surface area contributed by atoms with Crippen LogP contribution in [0.5, 0.6) is 0 Å². The van der Waals surface area contributed by atoms with E-state index in [0.717, 1.165) is 50.7 Å². The number of guanidine groups is 1. The lowest BCUT2D eigenvalue weighted by Gasteiger charge is -2.32. The van der Waals surface area contributed by atoms with Crippen LogP contribution in [-0.2, 0) is 9.53 Å². The molecular weight excluding hydrogens is 471 g/mol. The third-order valence-corrected chi connectivity index (χ3v) is 4.80. The second-order valence-corrected chi connectivity index (χ2v) is 6.81. The van der Waals surface area contributed by atoms with Gasteiger partial charge in [-0.2, -0.15) is 0 Å². The molecule has 2 rings (SSSR count). The summed E-state index contributed by atoms with van der Waals surface area (Å²) in [4.78, 5) is 18.4. The van der Waals surface area contributed by atoms with Crippen molar-refractivity contribution in [2.75, 3.05) is 39.8 Å². The summed E-state index contributed by atoms with van der Waals surface area (Å²) in [7, 11) is 1.42. The van der Waals surface area contributed by atoms with Gasteiger partial charge in [-0.15, -0.1) is 24.0 Å². The van der Waals surface area contributed by atoms with Crippen LogP contribution in [0.3, 0.4) is 0 Å². The van der Waals surface area contributed by atoms with Gasteiger partial charge in [0.05, 0.1) is 26.0 Å². The number of unbranched alkanes of at least 4 members (excludes halogenated alkanes) is 1. The molecule has 0 saturated carbocycles. The molecule has 1 aromatic rings. The third-order valence-electron chi connectivity index (χ3n) is 4.80. The molecule has 1 atom stereocenters. The van der Waals surface area contributed by atoms with Crippen LogP contribution in [0.1, 0.15) is 57.3 Å². The first-order valence-corrected chi connectivity index (χ1v) is 10.1. The number of nitrogens with zero attached hydrogens (tertiary/aromatic N) is 2. The van der Waals surface area contributed by atoms with Gasteiger partial charge < -0.3 is 19.8 Å². The normalized spacial score (nSPS) is 16.1. The van der Waals surface area contributed by atoms with Crippen molar-refractivity contribution in [2.24, 2.45) is 4.99 Å². The van der Waals surface area contributed by atoms with Crippen LogP contribution in [0.15, 0.2) is 27.8 Å². The molecule has 1 unspecified atom stereocenters. The molecule has 1 aliphatic rings. The van der Waals surface area contributed by atoms with Gasteiger partial charge in [0, 0.05) is 19.5 Å². The molecule has 28 heavy (non-hydrogen) atoms. The molecule has 2 heterocycles. The van der Waals surface area contributed by atoms with E-state index in [2.05, 4.69) is 27.2 Å². The van der Waals surface area contributed by atoms with E-state index in [4.69, 9.17) is 9.41 Å². The predicted octanol–water partition coefficient (Wildman–Crippen LogP) is 3.32. The van der Waals surface area contributed by atoms with E-state index in [1.54, 1.807) is 6.26 Å². The first kappa shape index (κ1) is 24.7. The molecular formula is C20H35IN4O3. The topological polar surface area (TPSA) is 79.1 Å². The summed E-state index contributed by atoms with van der Waals surface area (Å²) >= 11 is 0. The van der Waals surface area contributed by atoms with E-state index in [9.17, 15) is 4.79 Å². The zero-order valence-electron chi connectivity index (χ0n) is 17.1. The predicted molar refractivity (Wildman–Crippen MR) is 122 cm³/mol. The van der Waals surface area contributed by atoms with Gasteiger partial charge in [-0.1, -0.05) is 6.42 Å². The number of carbonyl (C=O) groups excluding carboxylic acids is 1. The summed E-state index contributed by atoms with van der Waals surface area (Å²) in [5, 5.41) is 6.65. The highest BCUT2D eigenvalue weighted by Gasteiger charge is 2.24. The number of methoxy groups -OCH3 is 1. The van der Waals surface area contributed by atoms with Crippen LogP contribution in [0.4, 0.5) is 0 Å². The maximum Gasteiger partial charge on any atom is 0.305 e. The molecule has 0 spiro atoms. The molecule has 1 aromatic heterocycles. The fraction of sp³-hybridized carbons (Fsp3) is 0.700. The van der Waals surface area contributed by atoms with Gasteiger partial charge in [0.15, 0.2) is 5.96 Å². The third kappa shape index (κ3) is 8.81. The summed E-state index contributed by atoms with van der Waals surface area (Å²) in [6, 6.07) is 4.16. The number of ether oxygens (including phenoxy) is 1. The van der Waals surface area contributed by atoms with Gasteiger partial charge in [0.25, 0.3) is 0 Å². The van der Waals surface area contributed by atoms with Crippen LogP contribution in [0, 0.1) is 0 Å². The quantitative estimate of drug-likeness (QED) is 0.167. The highest BCUT2D eigenvalue weighted by Crippen LogP contribution is 2.25. The van der Waals surface area contributed by atoms with E-state index in [1.165, 1.54) is 26.4 Å². The second kappa shape index (κ2) is 14.7. The minimum atomic E-state index is -0.154. The Labute approximate surface area is 185 Å². The first-order valence-electron chi connectivity index (χ1n) is 10.1. The molecule has 0 radical (unpaired) electrons. The van der Waals surface area contributed by atoms with Crippen molar-refractivity contribution in [2.45, 2.75) is 51.5 Å². The van der Waals surface area contributed by atoms with E-state index >= 15 is 0 Å². The number of likely N-dealkylation sites (tertiary alicyclic amines) is 1. The van der Waals surface area contributed by atoms with E-state index in [0.29, 0.717) is 13.0 Å². The minimum Gasteiger partial charge on any atom is -0.469 e. The van der Waals surface area contributed by atoms with Crippen LogP contribution in [0.25, 0.3) is 0 Å². The fourth-order valence-corrected chi connectivity index (χ4v) is 3.32. The lowest BCUT2D eigenvalue weighted by molar-refractivity contribution is -0.140. The molecule has 0 aromatic carbocycles. The summed E-state index contributed by atoms with van der Waals surface area (Å²) in [5.74, 6) is 1.64. The molecule has 1 fully saturated rings. The molecule has 0 aliphatic carbocycles. The van der Waals surface area contributed by atoms with Crippen molar-refractivity contribution in [3.05, 3.63) is 24.2 Å². The number of rotatable bonds is 10. The van der Waals surface area contributed by atoms with Crippen LogP contribution < -0.4 is 10.6 Å². The highest BCUT2D eigenvalue weighted by molar-refractivity contribution is 14.0. The lowest BCUT2D eigenvalue weighted by atomic mass is 10.1. The molecule has 0 amide bonds. The Bertz CT molecular complexity index is 560. The Morgan fingerprint density at radius 3 is 2.71 bits per heavy atom. The Balaban J connectivity index is 0.00000392. The van der Waals surface area contributed by atoms with Crippen molar-refractivity contribution >= 4 is 35.9 Å². The van der Waals surface area contributed by atoms with Gasteiger partial charge in [-0.25, -0.2) is 0 Å². The van der Waals surface area contributed by atoms with Crippen LogP contribution >= 0.6 is 24.0 Å². The molecule has 1 aliphatic heterocycles. The zero-order valence-corrected chi connectivity index (χ0v) is 19.4. The SMILES string of the molecule is CCNC(=NCC(c1ccco1)N1CCCCC1)NCCCCC(=O)OC.I. The molecule has 1 saturated heterocycles. The monoisotopic (exact) mass is 506 g/mol. The summed E-state index contributed by atoms with van der Waals surface area (Å²) in [6.07, 6.45) is 7.68. The Morgan fingerprint density at radius 1 is 1.29 bits per heavy atom. The number of furan rings is 1. The van der Waals surface area contributed by atoms with Gasteiger partial charge >= 0.3 is 5.97 Å². The van der Waals surface area contributed by atoms with E-state index in [-0.39, 0.29) is 36.0 Å².